The largest absolute Gasteiger partial charge is 0.383 e. The van der Waals surface area contributed by atoms with Crippen LogP contribution in [0.5, 0.6) is 0 Å². The van der Waals surface area contributed by atoms with Crippen LogP contribution in [0.2, 0.25) is 0 Å². The Morgan fingerprint density at radius 3 is 2.69 bits per heavy atom. The van der Waals surface area contributed by atoms with Crippen molar-refractivity contribution in [2.75, 3.05) is 26.8 Å². The van der Waals surface area contributed by atoms with Gasteiger partial charge in [-0.2, -0.15) is 0 Å². The first-order chi connectivity index (χ1) is 7.60. The number of methoxy groups -OCH3 is 1. The van der Waals surface area contributed by atoms with Crippen LogP contribution in [-0.4, -0.2) is 44.7 Å². The lowest BCUT2D eigenvalue weighted by atomic mass is 10.4. The summed E-state index contributed by atoms with van der Waals surface area (Å²) in [5, 5.41) is 5.61. The molecule has 0 aliphatic heterocycles. The molecule has 0 saturated carbocycles. The number of carbonyl (C=O) groups excluding carboxylic acids is 1. The van der Waals surface area contributed by atoms with Crippen LogP contribution in [0, 0.1) is 0 Å². The fraction of sp³-hybridized carbons (Fsp3) is 0.778. The minimum absolute atomic E-state index is 0.0307. The first-order valence-electron chi connectivity index (χ1n) is 5.13. The molecule has 1 amide bonds. The summed E-state index contributed by atoms with van der Waals surface area (Å²) < 4.78 is 4.80. The molecule has 16 heavy (non-hydrogen) atoms. The average molecular weight is 231 g/mol. The Morgan fingerprint density at radius 2 is 2.19 bits per heavy atom. The molecule has 0 aromatic rings. The summed E-state index contributed by atoms with van der Waals surface area (Å²) in [6.45, 7) is 4.90. The highest BCUT2D eigenvalue weighted by Crippen LogP contribution is 1.78. The van der Waals surface area contributed by atoms with E-state index >= 15 is 0 Å². The maximum Gasteiger partial charge on any atom is 0.241 e. The van der Waals surface area contributed by atoms with E-state index in [1.165, 1.54) is 0 Å². The Hall–Kier alpha value is -1.34. The highest BCUT2D eigenvalue weighted by Gasteiger charge is 2.01. The molecule has 0 unspecified atom stereocenters. The van der Waals surface area contributed by atoms with E-state index in [1.807, 2.05) is 13.8 Å². The van der Waals surface area contributed by atoms with Gasteiger partial charge in [-0.1, -0.05) is 0 Å². The molecule has 7 nitrogen and oxygen atoms in total. The lowest BCUT2D eigenvalue weighted by molar-refractivity contribution is -0.119. The number of hydrogen-bond donors (Lipinski definition) is 4. The molecular formula is C9H21N5O2. The van der Waals surface area contributed by atoms with Gasteiger partial charge in [-0.05, 0) is 13.8 Å². The van der Waals surface area contributed by atoms with Crippen molar-refractivity contribution in [1.29, 1.82) is 0 Å². The second kappa shape index (κ2) is 8.93. The van der Waals surface area contributed by atoms with E-state index in [1.54, 1.807) is 7.11 Å². The molecule has 0 aliphatic carbocycles. The van der Waals surface area contributed by atoms with Crippen LogP contribution in [0.1, 0.15) is 13.8 Å². The molecule has 5 N–H and O–H groups in total. The lowest BCUT2D eigenvalue weighted by Crippen LogP contribution is -2.45. The number of nitrogens with one attached hydrogen (secondary N) is 3. The number of guanidine groups is 1. The molecule has 0 fully saturated rings. The number of hydrazine groups is 1. The molecule has 0 aromatic carbocycles. The van der Waals surface area contributed by atoms with Crippen LogP contribution in [-0.2, 0) is 9.53 Å². The fourth-order valence-corrected chi connectivity index (χ4v) is 0.906. The van der Waals surface area contributed by atoms with Gasteiger partial charge in [-0.25, -0.2) is 10.8 Å². The summed E-state index contributed by atoms with van der Waals surface area (Å²) in [5.74, 6) is 5.46. The van der Waals surface area contributed by atoms with Gasteiger partial charge in [0, 0.05) is 19.7 Å². The predicted octanol–water partition coefficient (Wildman–Crippen LogP) is -1.43. The van der Waals surface area contributed by atoms with E-state index in [0.717, 1.165) is 0 Å². The Kier molecular flexibility index (Phi) is 8.18. The van der Waals surface area contributed by atoms with Crippen LogP contribution >= 0.6 is 0 Å². The highest BCUT2D eigenvalue weighted by atomic mass is 16.5. The number of aliphatic imine (C=N–C) groups is 1. The van der Waals surface area contributed by atoms with Gasteiger partial charge < -0.3 is 15.4 Å². The normalized spacial score (nSPS) is 11.4. The smallest absolute Gasteiger partial charge is 0.241 e. The molecule has 94 valence electrons. The first-order valence-corrected chi connectivity index (χ1v) is 5.13. The summed E-state index contributed by atoms with van der Waals surface area (Å²) in [4.78, 5) is 15.2. The van der Waals surface area contributed by atoms with E-state index < -0.39 is 0 Å². The van der Waals surface area contributed by atoms with Gasteiger partial charge in [0.1, 0.15) is 6.54 Å². The van der Waals surface area contributed by atoms with Gasteiger partial charge in [0.2, 0.25) is 11.9 Å². The minimum atomic E-state index is -0.171. The highest BCUT2D eigenvalue weighted by molar-refractivity contribution is 5.84. The van der Waals surface area contributed by atoms with Gasteiger partial charge >= 0.3 is 0 Å². The zero-order valence-corrected chi connectivity index (χ0v) is 10.0. The van der Waals surface area contributed by atoms with Crippen LogP contribution in [0.25, 0.3) is 0 Å². The summed E-state index contributed by atoms with van der Waals surface area (Å²) in [6, 6.07) is 0.200. The number of nitrogens with two attached hydrogens (primary N) is 1. The van der Waals surface area contributed by atoms with Crippen LogP contribution < -0.4 is 21.9 Å². The topological polar surface area (TPSA) is 101 Å². The van der Waals surface area contributed by atoms with Crippen molar-refractivity contribution < 1.29 is 9.53 Å². The van der Waals surface area contributed by atoms with Crippen LogP contribution in [0.4, 0.5) is 0 Å². The van der Waals surface area contributed by atoms with Crippen molar-refractivity contribution in [3.05, 3.63) is 0 Å². The van der Waals surface area contributed by atoms with Gasteiger partial charge in [0.15, 0.2) is 0 Å². The molecule has 0 radical (unpaired) electrons. The molecule has 0 heterocycles. The van der Waals surface area contributed by atoms with Crippen molar-refractivity contribution in [3.63, 3.8) is 0 Å². The van der Waals surface area contributed by atoms with Gasteiger partial charge in [0.05, 0.1) is 6.61 Å². The molecular weight excluding hydrogens is 210 g/mol. The number of hydrogen-bond acceptors (Lipinski definition) is 4. The van der Waals surface area contributed by atoms with Crippen molar-refractivity contribution in [1.82, 2.24) is 16.1 Å². The molecule has 0 spiro atoms. The van der Waals surface area contributed by atoms with E-state index in [-0.39, 0.29) is 18.5 Å². The van der Waals surface area contributed by atoms with Gasteiger partial charge in [0.25, 0.3) is 0 Å². The predicted molar refractivity (Wildman–Crippen MR) is 62.8 cm³/mol. The Morgan fingerprint density at radius 1 is 1.50 bits per heavy atom. The molecule has 0 rings (SSSR count). The SMILES string of the molecule is COCCNC(=O)CN=C(NN)NC(C)C. The second-order valence-corrected chi connectivity index (χ2v) is 3.45. The Bertz CT molecular complexity index is 230. The number of nitrogens with zero attached hydrogens (tertiary/aromatic N) is 1. The molecule has 7 heteroatoms. The summed E-state index contributed by atoms with van der Waals surface area (Å²) in [5.41, 5.74) is 2.39. The minimum Gasteiger partial charge on any atom is -0.383 e. The monoisotopic (exact) mass is 231 g/mol. The Balaban J connectivity index is 3.87. The first kappa shape index (κ1) is 14.7. The maximum absolute atomic E-state index is 11.3. The molecule has 0 saturated heterocycles. The number of rotatable bonds is 6. The van der Waals surface area contributed by atoms with Gasteiger partial charge in [-0.15, -0.1) is 0 Å². The van der Waals surface area contributed by atoms with E-state index in [2.05, 4.69) is 21.1 Å². The van der Waals surface area contributed by atoms with Crippen molar-refractivity contribution in [2.45, 2.75) is 19.9 Å². The summed E-state index contributed by atoms with van der Waals surface area (Å²) >= 11 is 0. The third kappa shape index (κ3) is 8.01. The average Bonchev–Trinajstić information content (AvgIpc) is 2.24. The summed E-state index contributed by atoms with van der Waals surface area (Å²) in [6.07, 6.45) is 0. The van der Waals surface area contributed by atoms with Crippen molar-refractivity contribution >= 4 is 11.9 Å². The molecule has 0 bridgehead atoms. The zero-order chi connectivity index (χ0) is 12.4. The quantitative estimate of drug-likeness (QED) is 0.148. The van der Waals surface area contributed by atoms with E-state index in [4.69, 9.17) is 10.6 Å². The van der Waals surface area contributed by atoms with Crippen molar-refractivity contribution in [3.8, 4) is 0 Å². The second-order valence-electron chi connectivity index (χ2n) is 3.45. The fourth-order valence-electron chi connectivity index (χ4n) is 0.906. The number of ether oxygens (including phenoxy) is 1. The summed E-state index contributed by atoms with van der Waals surface area (Å²) in [7, 11) is 1.58. The van der Waals surface area contributed by atoms with Crippen LogP contribution in [0.15, 0.2) is 4.99 Å². The Labute approximate surface area is 95.8 Å². The third-order valence-electron chi connectivity index (χ3n) is 1.57. The molecule has 0 aliphatic rings. The van der Waals surface area contributed by atoms with E-state index in [9.17, 15) is 4.79 Å². The third-order valence-corrected chi connectivity index (χ3v) is 1.57. The maximum atomic E-state index is 11.3. The number of amides is 1. The standard InChI is InChI=1S/C9H21N5O2/c1-7(2)13-9(14-10)12-6-8(15)11-4-5-16-3/h7H,4-6,10H2,1-3H3,(H,11,15)(H2,12,13,14). The van der Waals surface area contributed by atoms with Gasteiger partial charge in [-0.3, -0.25) is 10.2 Å². The van der Waals surface area contributed by atoms with Crippen LogP contribution in [0.3, 0.4) is 0 Å². The molecule has 0 aromatic heterocycles. The lowest BCUT2D eigenvalue weighted by Gasteiger charge is -2.11. The molecule has 0 atom stereocenters. The van der Waals surface area contributed by atoms with Crippen molar-refractivity contribution in [2.24, 2.45) is 10.8 Å². The number of carbonyl (C=O) groups is 1. The van der Waals surface area contributed by atoms with E-state index in [0.29, 0.717) is 19.1 Å². The zero-order valence-electron chi connectivity index (χ0n) is 10.0.